The van der Waals surface area contributed by atoms with Crippen molar-refractivity contribution in [2.24, 2.45) is 0 Å². The summed E-state index contributed by atoms with van der Waals surface area (Å²) >= 11 is 0. The Morgan fingerprint density at radius 1 is 1.14 bits per heavy atom. The number of hydrogen-bond donors (Lipinski definition) is 0. The lowest BCUT2D eigenvalue weighted by Gasteiger charge is -2.39. The number of nitrogens with zero attached hydrogens (tertiary/aromatic N) is 4. The third-order valence-corrected chi connectivity index (χ3v) is 5.97. The predicted octanol–water partition coefficient (Wildman–Crippen LogP) is 3.92. The summed E-state index contributed by atoms with van der Waals surface area (Å²) in [5.41, 5.74) is -1.98. The number of aromatic nitrogens is 3. The first-order chi connectivity index (χ1) is 17.0. The fourth-order valence-electron chi connectivity index (χ4n) is 4.28. The molecule has 1 fully saturated rings. The van der Waals surface area contributed by atoms with Crippen molar-refractivity contribution in [3.8, 4) is 17.4 Å². The molecule has 13 heteroatoms. The molecule has 2 aliphatic rings. The van der Waals surface area contributed by atoms with Crippen LogP contribution in [-0.2, 0) is 24.1 Å². The number of fused-ring (bicyclic) bond motifs is 3. The van der Waals surface area contributed by atoms with Gasteiger partial charge in [0.1, 0.15) is 18.2 Å². The highest BCUT2D eigenvalue weighted by molar-refractivity contribution is 5.50. The first-order valence-electron chi connectivity index (χ1n) is 10.8. The van der Waals surface area contributed by atoms with Crippen LogP contribution in [0.2, 0.25) is 0 Å². The van der Waals surface area contributed by atoms with Gasteiger partial charge in [0.2, 0.25) is 5.88 Å². The van der Waals surface area contributed by atoms with Crippen LogP contribution in [0, 0.1) is 11.6 Å². The first kappa shape index (κ1) is 24.0. The zero-order valence-corrected chi connectivity index (χ0v) is 18.8. The highest BCUT2D eigenvalue weighted by Crippen LogP contribution is 2.36. The number of rotatable bonds is 5. The molecule has 0 aliphatic carbocycles. The fraction of sp³-hybridized carbons (Fsp3) is 0.348. The molecule has 36 heavy (non-hydrogen) atoms. The van der Waals surface area contributed by atoms with Crippen molar-refractivity contribution in [1.82, 2.24) is 14.5 Å². The zero-order chi connectivity index (χ0) is 25.7. The van der Waals surface area contributed by atoms with Crippen LogP contribution in [-0.4, -0.2) is 39.8 Å². The minimum absolute atomic E-state index is 0.0156. The van der Waals surface area contributed by atoms with Gasteiger partial charge < -0.3 is 19.1 Å². The summed E-state index contributed by atoms with van der Waals surface area (Å²) in [5, 5.41) is 0. The van der Waals surface area contributed by atoms with Crippen molar-refractivity contribution in [3.63, 3.8) is 0 Å². The Morgan fingerprint density at radius 3 is 2.61 bits per heavy atom. The topological polar surface area (TPSA) is 78.7 Å². The standard InChI is InChI=1S/C23H19F5N4O4/c1-22-11-31-19(32(22)2-3-34-12-22)7-18(30-21(31)33)35-10-13-4-16(24)20(17(25)5-13)36-15-6-14(8-29-9-15)23(26,27)28/h4-9H,2-3,10-12H2,1H3. The maximum atomic E-state index is 14.6. The molecule has 0 spiro atoms. The lowest BCUT2D eigenvalue weighted by molar-refractivity contribution is -0.137. The van der Waals surface area contributed by atoms with Crippen molar-refractivity contribution in [2.45, 2.75) is 31.8 Å². The number of morpholine rings is 1. The second kappa shape index (κ2) is 8.73. The summed E-state index contributed by atoms with van der Waals surface area (Å²) in [4.78, 5) is 21.9. The Bertz CT molecular complexity index is 1360. The molecule has 1 saturated heterocycles. The summed E-state index contributed by atoms with van der Waals surface area (Å²) in [6.07, 6.45) is -3.22. The number of anilines is 1. The quantitative estimate of drug-likeness (QED) is 0.482. The average Bonchev–Trinajstić information content (AvgIpc) is 3.13. The van der Waals surface area contributed by atoms with Crippen LogP contribution in [0.3, 0.4) is 0 Å². The van der Waals surface area contributed by atoms with E-state index in [0.29, 0.717) is 44.4 Å². The van der Waals surface area contributed by atoms with E-state index in [-0.39, 0.29) is 23.6 Å². The molecule has 0 saturated carbocycles. The highest BCUT2D eigenvalue weighted by Gasteiger charge is 2.43. The molecule has 8 nitrogen and oxygen atoms in total. The van der Waals surface area contributed by atoms with Crippen LogP contribution in [0.25, 0.3) is 0 Å². The molecule has 0 amide bonds. The molecule has 190 valence electrons. The Hall–Kier alpha value is -3.74. The molecule has 0 N–H and O–H groups in total. The largest absolute Gasteiger partial charge is 0.473 e. The van der Waals surface area contributed by atoms with Gasteiger partial charge >= 0.3 is 11.9 Å². The predicted molar refractivity (Wildman–Crippen MR) is 115 cm³/mol. The Kier molecular flexibility index (Phi) is 5.81. The second-order valence-electron chi connectivity index (χ2n) is 8.71. The molecule has 1 aromatic carbocycles. The van der Waals surface area contributed by atoms with Gasteiger partial charge in [0.05, 0.1) is 37.1 Å². The maximum absolute atomic E-state index is 14.6. The summed E-state index contributed by atoms with van der Waals surface area (Å²) in [6, 6.07) is 4.00. The number of hydrogen-bond acceptors (Lipinski definition) is 7. The molecule has 2 aromatic heterocycles. The van der Waals surface area contributed by atoms with E-state index < -0.39 is 40.6 Å². The number of halogens is 5. The zero-order valence-electron chi connectivity index (χ0n) is 18.8. The van der Waals surface area contributed by atoms with Gasteiger partial charge in [0.25, 0.3) is 0 Å². The van der Waals surface area contributed by atoms with Crippen molar-refractivity contribution >= 4 is 5.82 Å². The normalized spacial score (nSPS) is 19.1. The van der Waals surface area contributed by atoms with E-state index in [4.69, 9.17) is 14.2 Å². The van der Waals surface area contributed by atoms with E-state index in [1.807, 2.05) is 11.8 Å². The Labute approximate surface area is 200 Å². The van der Waals surface area contributed by atoms with Gasteiger partial charge in [0.15, 0.2) is 17.4 Å². The van der Waals surface area contributed by atoms with E-state index in [2.05, 4.69) is 9.97 Å². The van der Waals surface area contributed by atoms with Gasteiger partial charge in [0, 0.05) is 18.8 Å². The summed E-state index contributed by atoms with van der Waals surface area (Å²) < 4.78 is 85.3. The van der Waals surface area contributed by atoms with Crippen molar-refractivity contribution in [2.75, 3.05) is 24.7 Å². The minimum atomic E-state index is -4.70. The molecular weight excluding hydrogens is 491 g/mol. The number of ether oxygens (including phenoxy) is 3. The van der Waals surface area contributed by atoms with Gasteiger partial charge in [-0.15, -0.1) is 0 Å². The first-order valence-corrected chi connectivity index (χ1v) is 10.8. The van der Waals surface area contributed by atoms with E-state index in [9.17, 15) is 26.7 Å². The second-order valence-corrected chi connectivity index (χ2v) is 8.71. The number of pyridine rings is 1. The summed E-state index contributed by atoms with van der Waals surface area (Å²) in [5.74, 6) is -3.08. The van der Waals surface area contributed by atoms with E-state index in [1.165, 1.54) is 4.57 Å². The molecule has 0 radical (unpaired) electrons. The molecule has 1 atom stereocenters. The number of alkyl halides is 3. The SMILES string of the molecule is CC12COCCN1c1cc(OCc3cc(F)c(Oc4cncc(C(F)(F)F)c4)c(F)c3)nc(=O)n1C2. The molecule has 3 aromatic rings. The van der Waals surface area contributed by atoms with Gasteiger partial charge in [-0.1, -0.05) is 0 Å². The highest BCUT2D eigenvalue weighted by atomic mass is 19.4. The molecule has 0 bridgehead atoms. The van der Waals surface area contributed by atoms with Gasteiger partial charge in [-0.2, -0.15) is 18.2 Å². The fourth-order valence-corrected chi connectivity index (χ4v) is 4.28. The molecule has 1 unspecified atom stereocenters. The van der Waals surface area contributed by atoms with Crippen molar-refractivity contribution in [3.05, 3.63) is 69.9 Å². The summed E-state index contributed by atoms with van der Waals surface area (Å²) in [7, 11) is 0. The van der Waals surface area contributed by atoms with Crippen LogP contribution in [0.5, 0.6) is 17.4 Å². The van der Waals surface area contributed by atoms with E-state index in [1.54, 1.807) is 6.07 Å². The summed E-state index contributed by atoms with van der Waals surface area (Å²) in [6.45, 7) is 3.60. The Morgan fingerprint density at radius 2 is 1.89 bits per heavy atom. The Balaban J connectivity index is 1.33. The molecule has 2 aliphatic heterocycles. The van der Waals surface area contributed by atoms with Gasteiger partial charge in [-0.05, 0) is 30.7 Å². The van der Waals surface area contributed by atoms with Crippen LogP contribution in [0.15, 0.2) is 41.5 Å². The smallest absolute Gasteiger partial charge is 0.418 e. The van der Waals surface area contributed by atoms with Crippen LogP contribution in [0.1, 0.15) is 18.1 Å². The van der Waals surface area contributed by atoms with Crippen LogP contribution in [0.4, 0.5) is 27.8 Å². The molecular formula is C23H19F5N4O4. The van der Waals surface area contributed by atoms with Crippen molar-refractivity contribution in [1.29, 1.82) is 0 Å². The van der Waals surface area contributed by atoms with Crippen LogP contribution >= 0.6 is 0 Å². The maximum Gasteiger partial charge on any atom is 0.418 e. The van der Waals surface area contributed by atoms with E-state index in [0.717, 1.165) is 18.3 Å². The monoisotopic (exact) mass is 510 g/mol. The lowest BCUT2D eigenvalue weighted by Crippen LogP contribution is -2.53. The third-order valence-electron chi connectivity index (χ3n) is 5.97. The average molecular weight is 510 g/mol. The van der Waals surface area contributed by atoms with Gasteiger partial charge in [-0.25, -0.2) is 13.6 Å². The molecule has 5 rings (SSSR count). The van der Waals surface area contributed by atoms with Crippen LogP contribution < -0.4 is 20.1 Å². The number of benzene rings is 1. The van der Waals surface area contributed by atoms with Crippen molar-refractivity contribution < 1.29 is 36.2 Å². The van der Waals surface area contributed by atoms with Gasteiger partial charge in [-0.3, -0.25) is 9.55 Å². The third kappa shape index (κ3) is 4.45. The molecule has 4 heterocycles. The van der Waals surface area contributed by atoms with E-state index >= 15 is 0 Å². The minimum Gasteiger partial charge on any atom is -0.473 e. The lowest BCUT2D eigenvalue weighted by atomic mass is 10.0.